The number of esters is 1. The maximum absolute atomic E-state index is 11.9. The van der Waals surface area contributed by atoms with Gasteiger partial charge in [0.1, 0.15) is 0 Å². The summed E-state index contributed by atoms with van der Waals surface area (Å²) in [5, 5.41) is 8.52. The molecule has 0 radical (unpaired) electrons. The van der Waals surface area contributed by atoms with Crippen LogP contribution in [0.25, 0.3) is 0 Å². The van der Waals surface area contributed by atoms with Crippen LogP contribution in [0, 0.1) is 0 Å². The summed E-state index contributed by atoms with van der Waals surface area (Å²) < 4.78 is 5.83. The van der Waals surface area contributed by atoms with Crippen molar-refractivity contribution in [1.29, 1.82) is 0 Å². The Bertz CT molecular complexity index is 539. The summed E-state index contributed by atoms with van der Waals surface area (Å²) in [5.74, 6) is -0.359. The second kappa shape index (κ2) is 5.38. The van der Waals surface area contributed by atoms with Gasteiger partial charge in [-0.2, -0.15) is 0 Å². The molecule has 1 atom stereocenters. The highest BCUT2D eigenvalue weighted by molar-refractivity contribution is 9.11. The van der Waals surface area contributed by atoms with Crippen molar-refractivity contribution >= 4 is 50.6 Å². The van der Waals surface area contributed by atoms with Crippen molar-refractivity contribution in [2.24, 2.45) is 0 Å². The van der Waals surface area contributed by atoms with Crippen molar-refractivity contribution in [3.63, 3.8) is 0 Å². The van der Waals surface area contributed by atoms with Crippen LogP contribution in [0.15, 0.2) is 26.5 Å². The first-order chi connectivity index (χ1) is 8.52. The summed E-state index contributed by atoms with van der Waals surface area (Å²) in [6.45, 7) is 1.81. The smallest absolute Gasteiger partial charge is 0.337 e. The number of carbonyl (C=O) groups is 1. The Morgan fingerprint density at radius 3 is 2.89 bits per heavy atom. The van der Waals surface area contributed by atoms with Gasteiger partial charge >= 0.3 is 5.97 Å². The van der Waals surface area contributed by atoms with Crippen LogP contribution < -0.4 is 10.6 Å². The van der Waals surface area contributed by atoms with Gasteiger partial charge in [-0.1, -0.05) is 0 Å². The first-order valence-corrected chi connectivity index (χ1v) is 7.21. The van der Waals surface area contributed by atoms with Crippen LogP contribution in [0.2, 0.25) is 0 Å². The molecule has 1 aliphatic heterocycles. The summed E-state index contributed by atoms with van der Waals surface area (Å²) >= 11 is 10.1. The summed E-state index contributed by atoms with van der Waals surface area (Å²) in [4.78, 5) is 11.9. The lowest BCUT2D eigenvalue weighted by Gasteiger charge is -2.28. The highest BCUT2D eigenvalue weighted by Crippen LogP contribution is 2.32. The Kier molecular flexibility index (Phi) is 4.04. The summed E-state index contributed by atoms with van der Waals surface area (Å²) in [6.07, 6.45) is 0. The molecule has 18 heavy (non-hydrogen) atoms. The molecule has 7 heteroatoms. The third kappa shape index (κ3) is 2.57. The van der Waals surface area contributed by atoms with Gasteiger partial charge in [-0.3, -0.25) is 0 Å². The fraction of sp³-hybridized carbons (Fsp3) is 0.273. The van der Waals surface area contributed by atoms with Gasteiger partial charge in [0.15, 0.2) is 5.11 Å². The molecule has 1 aromatic rings. The van der Waals surface area contributed by atoms with E-state index in [1.807, 2.05) is 18.4 Å². The Balaban J connectivity index is 2.45. The first kappa shape index (κ1) is 13.5. The monoisotopic (exact) mass is 346 g/mol. The van der Waals surface area contributed by atoms with Crippen LogP contribution in [0.3, 0.4) is 0 Å². The van der Waals surface area contributed by atoms with Gasteiger partial charge in [-0.25, -0.2) is 4.79 Å². The van der Waals surface area contributed by atoms with E-state index in [4.69, 9.17) is 17.0 Å². The Morgan fingerprint density at radius 1 is 1.61 bits per heavy atom. The summed E-state index contributed by atoms with van der Waals surface area (Å²) in [7, 11) is 1.37. The third-order valence-electron chi connectivity index (χ3n) is 2.60. The van der Waals surface area contributed by atoms with E-state index in [2.05, 4.69) is 26.6 Å². The highest BCUT2D eigenvalue weighted by Gasteiger charge is 2.30. The van der Waals surface area contributed by atoms with Gasteiger partial charge in [-0.05, 0) is 52.1 Å². The number of halogens is 1. The van der Waals surface area contributed by atoms with E-state index in [-0.39, 0.29) is 12.0 Å². The molecule has 1 aliphatic rings. The molecule has 0 amide bonds. The molecule has 2 N–H and O–H groups in total. The molecule has 0 bridgehead atoms. The fourth-order valence-electron chi connectivity index (χ4n) is 1.80. The van der Waals surface area contributed by atoms with E-state index < -0.39 is 0 Å². The first-order valence-electron chi connectivity index (χ1n) is 5.13. The van der Waals surface area contributed by atoms with Gasteiger partial charge in [0.25, 0.3) is 0 Å². The average molecular weight is 347 g/mol. The van der Waals surface area contributed by atoms with E-state index in [0.717, 1.165) is 15.0 Å². The zero-order chi connectivity index (χ0) is 13.3. The van der Waals surface area contributed by atoms with Gasteiger partial charge in [0, 0.05) is 5.70 Å². The van der Waals surface area contributed by atoms with Crippen LogP contribution in [0.4, 0.5) is 0 Å². The molecular formula is C11H11BrN2O2S2. The second-order valence-electron chi connectivity index (χ2n) is 3.75. The zero-order valence-electron chi connectivity index (χ0n) is 9.74. The second-order valence-corrected chi connectivity index (χ2v) is 6.44. The van der Waals surface area contributed by atoms with Crippen molar-refractivity contribution in [3.05, 3.63) is 32.1 Å². The average Bonchev–Trinajstić information content (AvgIpc) is 2.74. The molecule has 2 heterocycles. The van der Waals surface area contributed by atoms with Crippen molar-refractivity contribution < 1.29 is 9.53 Å². The van der Waals surface area contributed by atoms with Crippen molar-refractivity contribution in [2.75, 3.05) is 7.11 Å². The quantitative estimate of drug-likeness (QED) is 0.636. The van der Waals surface area contributed by atoms with Crippen LogP contribution in [-0.2, 0) is 9.53 Å². The minimum atomic E-state index is -0.359. The topological polar surface area (TPSA) is 50.4 Å². The SMILES string of the molecule is COC(=O)C1=C(C)NC(=S)N[C@H]1c1csc(Br)c1. The van der Waals surface area contributed by atoms with E-state index in [0.29, 0.717) is 10.7 Å². The Morgan fingerprint density at radius 2 is 2.33 bits per heavy atom. The molecule has 0 unspecified atom stereocenters. The normalized spacial score (nSPS) is 19.3. The Hall–Kier alpha value is -0.920. The number of thiocarbonyl (C=S) groups is 1. The van der Waals surface area contributed by atoms with Crippen LogP contribution in [0.1, 0.15) is 18.5 Å². The molecule has 1 aromatic heterocycles. The van der Waals surface area contributed by atoms with E-state index in [1.165, 1.54) is 7.11 Å². The molecule has 4 nitrogen and oxygen atoms in total. The highest BCUT2D eigenvalue weighted by atomic mass is 79.9. The summed E-state index contributed by atoms with van der Waals surface area (Å²) in [5.41, 5.74) is 2.25. The van der Waals surface area contributed by atoms with E-state index in [9.17, 15) is 4.79 Å². The predicted molar refractivity (Wildman–Crippen MR) is 78.3 cm³/mol. The minimum absolute atomic E-state index is 0.270. The number of hydrogen-bond donors (Lipinski definition) is 2. The molecule has 96 valence electrons. The van der Waals surface area contributed by atoms with E-state index >= 15 is 0 Å². The molecular weight excluding hydrogens is 336 g/mol. The molecule has 0 aromatic carbocycles. The molecule has 0 fully saturated rings. The van der Waals surface area contributed by atoms with Crippen molar-refractivity contribution in [3.8, 4) is 0 Å². The fourth-order valence-corrected chi connectivity index (χ4v) is 3.27. The van der Waals surface area contributed by atoms with Crippen LogP contribution in [-0.4, -0.2) is 18.2 Å². The van der Waals surface area contributed by atoms with Crippen LogP contribution >= 0.6 is 39.5 Å². The minimum Gasteiger partial charge on any atom is -0.466 e. The third-order valence-corrected chi connectivity index (χ3v) is 4.34. The number of methoxy groups -OCH3 is 1. The largest absolute Gasteiger partial charge is 0.466 e. The van der Waals surface area contributed by atoms with Gasteiger partial charge in [0.05, 0.1) is 22.5 Å². The van der Waals surface area contributed by atoms with Gasteiger partial charge < -0.3 is 15.4 Å². The summed E-state index contributed by atoms with van der Waals surface area (Å²) in [6, 6.07) is 1.70. The van der Waals surface area contributed by atoms with E-state index in [1.54, 1.807) is 11.3 Å². The number of rotatable bonds is 2. The molecule has 2 rings (SSSR count). The lowest BCUT2D eigenvalue weighted by molar-refractivity contribution is -0.136. The maximum Gasteiger partial charge on any atom is 0.337 e. The molecule has 0 saturated heterocycles. The number of nitrogens with one attached hydrogen (secondary N) is 2. The number of thiophene rings is 1. The zero-order valence-corrected chi connectivity index (χ0v) is 13.0. The molecule has 0 spiro atoms. The maximum atomic E-state index is 11.9. The molecule has 0 aliphatic carbocycles. The van der Waals surface area contributed by atoms with Crippen molar-refractivity contribution in [1.82, 2.24) is 10.6 Å². The lowest BCUT2D eigenvalue weighted by atomic mass is 9.98. The Labute approximate surface area is 123 Å². The van der Waals surface area contributed by atoms with Gasteiger partial charge in [-0.15, -0.1) is 11.3 Å². The predicted octanol–water partition coefficient (Wildman–Crippen LogP) is 2.48. The number of allylic oxidation sites excluding steroid dienone is 1. The number of carbonyl (C=O) groups excluding carboxylic acids is 1. The standard InChI is InChI=1S/C11H11BrN2O2S2/c1-5-8(10(15)16-2)9(14-11(17)13-5)6-3-7(12)18-4-6/h3-4,9H,1-2H3,(H2,13,14,17)/t9-/m0/s1. The molecule has 0 saturated carbocycles. The van der Waals surface area contributed by atoms with Crippen molar-refractivity contribution in [2.45, 2.75) is 13.0 Å². The number of ether oxygens (including phenoxy) is 1. The lowest BCUT2D eigenvalue weighted by Crippen LogP contribution is -2.44. The van der Waals surface area contributed by atoms with Crippen LogP contribution in [0.5, 0.6) is 0 Å². The number of hydrogen-bond acceptors (Lipinski definition) is 4. The van der Waals surface area contributed by atoms with Gasteiger partial charge in [0.2, 0.25) is 0 Å².